The average Bonchev–Trinajstić information content (AvgIpc) is 2.88. The second kappa shape index (κ2) is 5.12. The number of likely N-dealkylation sites (N-methyl/N-ethyl adjacent to an activating group) is 1. The molecule has 6 heteroatoms. The van der Waals surface area contributed by atoms with Crippen LogP contribution < -0.4 is 15.5 Å². The van der Waals surface area contributed by atoms with Gasteiger partial charge in [0.25, 0.3) is 5.91 Å². The molecule has 2 heterocycles. The molecule has 1 aliphatic heterocycles. The molecule has 1 amide bonds. The lowest BCUT2D eigenvalue weighted by Gasteiger charge is -2.35. The van der Waals surface area contributed by atoms with E-state index in [9.17, 15) is 4.79 Å². The van der Waals surface area contributed by atoms with Crippen LogP contribution in [0.3, 0.4) is 0 Å². The predicted molar refractivity (Wildman–Crippen MR) is 83.7 cm³/mol. The van der Waals surface area contributed by atoms with E-state index in [1.165, 1.54) is 0 Å². The Kier molecular flexibility index (Phi) is 3.29. The zero-order valence-corrected chi connectivity index (χ0v) is 12.3. The first-order valence-corrected chi connectivity index (χ1v) is 7.06. The highest BCUT2D eigenvalue weighted by atomic mass is 16.2. The summed E-state index contributed by atoms with van der Waals surface area (Å²) in [4.78, 5) is 16.8. The summed E-state index contributed by atoms with van der Waals surface area (Å²) >= 11 is 0. The summed E-state index contributed by atoms with van der Waals surface area (Å²) in [5, 5.41) is 4.15. The number of aromatic nitrogens is 2. The van der Waals surface area contributed by atoms with Crippen LogP contribution in [0.5, 0.6) is 0 Å². The van der Waals surface area contributed by atoms with Crippen LogP contribution in [0.4, 0.5) is 17.1 Å². The number of nitrogen functional groups attached to an aromatic ring is 1. The molecule has 1 aromatic carbocycles. The number of fused-ring (bicyclic) bond motifs is 1. The van der Waals surface area contributed by atoms with Crippen LogP contribution >= 0.6 is 0 Å². The first-order chi connectivity index (χ1) is 10.1. The average molecular weight is 285 g/mol. The van der Waals surface area contributed by atoms with E-state index in [1.54, 1.807) is 15.8 Å². The van der Waals surface area contributed by atoms with Gasteiger partial charge in [0.15, 0.2) is 0 Å². The van der Waals surface area contributed by atoms with Crippen molar-refractivity contribution in [2.24, 2.45) is 0 Å². The van der Waals surface area contributed by atoms with Crippen LogP contribution in [0.15, 0.2) is 30.5 Å². The minimum Gasteiger partial charge on any atom is -0.396 e. The van der Waals surface area contributed by atoms with Gasteiger partial charge in [-0.15, -0.1) is 0 Å². The summed E-state index contributed by atoms with van der Waals surface area (Å²) in [6.07, 6.45) is 1.54. The topological polar surface area (TPSA) is 67.4 Å². The molecule has 21 heavy (non-hydrogen) atoms. The molecule has 0 radical (unpaired) electrons. The Morgan fingerprint density at radius 3 is 2.71 bits per heavy atom. The van der Waals surface area contributed by atoms with E-state index in [4.69, 9.17) is 5.73 Å². The number of aryl methyl sites for hydroxylation is 1. The summed E-state index contributed by atoms with van der Waals surface area (Å²) < 4.78 is 1.65. The maximum absolute atomic E-state index is 12.9. The normalized spacial score (nSPS) is 14.2. The van der Waals surface area contributed by atoms with E-state index in [-0.39, 0.29) is 5.91 Å². The van der Waals surface area contributed by atoms with E-state index in [1.807, 2.05) is 38.2 Å². The fraction of sp³-hybridized carbons (Fsp3) is 0.333. The maximum Gasteiger partial charge on any atom is 0.278 e. The second-order valence-corrected chi connectivity index (χ2v) is 5.13. The number of anilines is 3. The molecule has 3 rings (SSSR count). The van der Waals surface area contributed by atoms with Crippen molar-refractivity contribution >= 4 is 23.0 Å². The molecule has 2 aromatic rings. The van der Waals surface area contributed by atoms with Crippen molar-refractivity contribution in [3.63, 3.8) is 0 Å². The van der Waals surface area contributed by atoms with Gasteiger partial charge in [0.2, 0.25) is 0 Å². The standard InChI is InChI=1S/C15H19N5O/c1-3-20-14(11(16)10-17-20)15(21)19-9-8-18(2)12-6-4-5-7-13(12)19/h4-7,10H,3,8-9,16H2,1-2H3. The number of amides is 1. The van der Waals surface area contributed by atoms with Gasteiger partial charge in [-0.3, -0.25) is 9.48 Å². The third-order valence-corrected chi connectivity index (χ3v) is 3.86. The molecular formula is C15H19N5O. The zero-order chi connectivity index (χ0) is 15.0. The number of benzene rings is 1. The number of nitrogens with two attached hydrogens (primary N) is 1. The Labute approximate surface area is 123 Å². The number of carbonyl (C=O) groups excluding carboxylic acids is 1. The fourth-order valence-corrected chi connectivity index (χ4v) is 2.72. The molecule has 2 N–H and O–H groups in total. The highest BCUT2D eigenvalue weighted by molar-refractivity contribution is 6.10. The lowest BCUT2D eigenvalue weighted by atomic mass is 10.1. The van der Waals surface area contributed by atoms with Crippen molar-refractivity contribution in [1.82, 2.24) is 9.78 Å². The minimum absolute atomic E-state index is 0.0904. The summed E-state index contributed by atoms with van der Waals surface area (Å²) in [5.41, 5.74) is 8.80. The smallest absolute Gasteiger partial charge is 0.278 e. The van der Waals surface area contributed by atoms with Crippen LogP contribution in [0.2, 0.25) is 0 Å². The number of rotatable bonds is 2. The number of hydrogen-bond donors (Lipinski definition) is 1. The van der Waals surface area contributed by atoms with Crippen LogP contribution in [0, 0.1) is 0 Å². The molecule has 0 atom stereocenters. The van der Waals surface area contributed by atoms with Gasteiger partial charge in [0.05, 0.1) is 23.3 Å². The zero-order valence-electron chi connectivity index (χ0n) is 12.3. The van der Waals surface area contributed by atoms with Crippen molar-refractivity contribution in [3.05, 3.63) is 36.2 Å². The summed E-state index contributed by atoms with van der Waals surface area (Å²) in [6, 6.07) is 7.91. The number of nitrogens with zero attached hydrogens (tertiary/aromatic N) is 4. The molecule has 1 aliphatic rings. The first-order valence-electron chi connectivity index (χ1n) is 7.06. The SMILES string of the molecule is CCn1ncc(N)c1C(=O)N1CCN(C)c2ccccc21. The number of para-hydroxylation sites is 2. The Bertz CT molecular complexity index is 678. The molecule has 0 aliphatic carbocycles. The molecule has 110 valence electrons. The Balaban J connectivity index is 2.03. The van der Waals surface area contributed by atoms with Crippen molar-refractivity contribution in [1.29, 1.82) is 0 Å². The summed E-state index contributed by atoms with van der Waals surface area (Å²) in [6.45, 7) is 4.00. The van der Waals surface area contributed by atoms with Gasteiger partial charge in [-0.05, 0) is 19.1 Å². The van der Waals surface area contributed by atoms with E-state index in [0.29, 0.717) is 24.5 Å². The van der Waals surface area contributed by atoms with Crippen LogP contribution in [-0.2, 0) is 6.54 Å². The quantitative estimate of drug-likeness (QED) is 0.909. The lowest BCUT2D eigenvalue weighted by Crippen LogP contribution is -2.43. The molecule has 0 saturated heterocycles. The molecular weight excluding hydrogens is 266 g/mol. The van der Waals surface area contributed by atoms with Crippen molar-refractivity contribution in [3.8, 4) is 0 Å². The number of hydrogen-bond acceptors (Lipinski definition) is 4. The molecule has 0 bridgehead atoms. The molecule has 1 aromatic heterocycles. The van der Waals surface area contributed by atoms with Gasteiger partial charge >= 0.3 is 0 Å². The van der Waals surface area contributed by atoms with Gasteiger partial charge < -0.3 is 15.5 Å². The molecule has 0 unspecified atom stereocenters. The van der Waals surface area contributed by atoms with Crippen molar-refractivity contribution < 1.29 is 4.79 Å². The fourth-order valence-electron chi connectivity index (χ4n) is 2.72. The first kappa shape index (κ1) is 13.5. The van der Waals surface area contributed by atoms with Crippen LogP contribution in [0.1, 0.15) is 17.4 Å². The molecule has 0 spiro atoms. The van der Waals surface area contributed by atoms with E-state index >= 15 is 0 Å². The molecule has 6 nitrogen and oxygen atoms in total. The third-order valence-electron chi connectivity index (χ3n) is 3.86. The molecule has 0 fully saturated rings. The van der Waals surface area contributed by atoms with Crippen molar-refractivity contribution in [2.45, 2.75) is 13.5 Å². The van der Waals surface area contributed by atoms with Crippen molar-refractivity contribution in [2.75, 3.05) is 35.7 Å². The van der Waals surface area contributed by atoms with Gasteiger partial charge in [-0.2, -0.15) is 5.10 Å². The van der Waals surface area contributed by atoms with E-state index in [2.05, 4.69) is 10.00 Å². The van der Waals surface area contributed by atoms with Gasteiger partial charge in [0.1, 0.15) is 5.69 Å². The maximum atomic E-state index is 12.9. The summed E-state index contributed by atoms with van der Waals surface area (Å²) in [7, 11) is 2.03. The van der Waals surface area contributed by atoms with Gasteiger partial charge in [-0.25, -0.2) is 0 Å². The lowest BCUT2D eigenvalue weighted by molar-refractivity contribution is 0.0977. The molecule has 0 saturated carbocycles. The Hall–Kier alpha value is -2.50. The summed E-state index contributed by atoms with van der Waals surface area (Å²) in [5.74, 6) is -0.0904. The Morgan fingerprint density at radius 2 is 2.00 bits per heavy atom. The van der Waals surface area contributed by atoms with Gasteiger partial charge in [0, 0.05) is 26.7 Å². The highest BCUT2D eigenvalue weighted by Gasteiger charge is 2.28. The van der Waals surface area contributed by atoms with Crippen LogP contribution in [-0.4, -0.2) is 35.8 Å². The largest absolute Gasteiger partial charge is 0.396 e. The third kappa shape index (κ3) is 2.12. The van der Waals surface area contributed by atoms with E-state index in [0.717, 1.165) is 17.9 Å². The second-order valence-electron chi connectivity index (χ2n) is 5.13. The minimum atomic E-state index is -0.0904. The Morgan fingerprint density at radius 1 is 1.29 bits per heavy atom. The monoisotopic (exact) mass is 285 g/mol. The predicted octanol–water partition coefficient (Wildman–Crippen LogP) is 1.58. The highest BCUT2D eigenvalue weighted by Crippen LogP contribution is 2.33. The van der Waals surface area contributed by atoms with E-state index < -0.39 is 0 Å². The van der Waals surface area contributed by atoms with Crippen LogP contribution in [0.25, 0.3) is 0 Å². The number of carbonyl (C=O) groups is 1. The van der Waals surface area contributed by atoms with Gasteiger partial charge in [-0.1, -0.05) is 12.1 Å².